The smallest absolute Gasteiger partial charge is 0.0337 e. The maximum Gasteiger partial charge on any atom is -0.0337 e. The zero-order chi connectivity index (χ0) is 8.48. The minimum Gasteiger partial charge on any atom is -0.0651 e. The molecular formula is C11H22. The quantitative estimate of drug-likeness (QED) is 0.538. The maximum atomic E-state index is 2.39. The molecule has 0 nitrogen and oxygen atoms in total. The van der Waals surface area contributed by atoms with Gasteiger partial charge in [0, 0.05) is 0 Å². The molecule has 0 heteroatoms. The van der Waals surface area contributed by atoms with E-state index in [1.807, 2.05) is 0 Å². The minimum atomic E-state index is 0.553. The molecule has 11 heavy (non-hydrogen) atoms. The van der Waals surface area contributed by atoms with Crippen LogP contribution >= 0.6 is 0 Å². The van der Waals surface area contributed by atoms with Crippen LogP contribution in [0.5, 0.6) is 0 Å². The molecule has 0 spiro atoms. The molecule has 0 aromatic rings. The van der Waals surface area contributed by atoms with Crippen molar-refractivity contribution in [3.8, 4) is 0 Å². The Labute approximate surface area is 71.4 Å². The van der Waals surface area contributed by atoms with Gasteiger partial charge in [-0.2, -0.15) is 0 Å². The van der Waals surface area contributed by atoms with Crippen molar-refractivity contribution in [3.63, 3.8) is 0 Å². The fourth-order valence-electron chi connectivity index (χ4n) is 2.67. The van der Waals surface area contributed by atoms with Gasteiger partial charge >= 0.3 is 0 Å². The van der Waals surface area contributed by atoms with Gasteiger partial charge in [0.15, 0.2) is 0 Å². The fourth-order valence-corrected chi connectivity index (χ4v) is 2.67. The van der Waals surface area contributed by atoms with E-state index in [9.17, 15) is 0 Å². The summed E-state index contributed by atoms with van der Waals surface area (Å²) >= 11 is 0. The summed E-state index contributed by atoms with van der Waals surface area (Å²) in [6.45, 7) is 9.53. The fraction of sp³-hybridized carbons (Fsp3) is 1.00. The molecule has 1 aliphatic carbocycles. The molecule has 0 saturated heterocycles. The van der Waals surface area contributed by atoms with E-state index in [-0.39, 0.29) is 0 Å². The second-order valence-electron chi connectivity index (χ2n) is 5.07. The summed E-state index contributed by atoms with van der Waals surface area (Å²) in [7, 11) is 0. The van der Waals surface area contributed by atoms with Crippen molar-refractivity contribution in [1.29, 1.82) is 0 Å². The van der Waals surface area contributed by atoms with Gasteiger partial charge in [-0.15, -0.1) is 0 Å². The first kappa shape index (κ1) is 9.09. The van der Waals surface area contributed by atoms with Gasteiger partial charge in [-0.25, -0.2) is 0 Å². The predicted octanol–water partition coefficient (Wildman–Crippen LogP) is 3.86. The molecule has 0 bridgehead atoms. The van der Waals surface area contributed by atoms with E-state index in [1.54, 1.807) is 0 Å². The van der Waals surface area contributed by atoms with Crippen molar-refractivity contribution < 1.29 is 0 Å². The van der Waals surface area contributed by atoms with Crippen LogP contribution in [0.15, 0.2) is 0 Å². The third-order valence-corrected chi connectivity index (χ3v) is 3.30. The van der Waals surface area contributed by atoms with Crippen LogP contribution in [-0.2, 0) is 0 Å². The van der Waals surface area contributed by atoms with Crippen molar-refractivity contribution in [2.75, 3.05) is 0 Å². The summed E-state index contributed by atoms with van der Waals surface area (Å²) in [6, 6.07) is 0. The lowest BCUT2D eigenvalue weighted by atomic mass is 9.74. The molecule has 0 amide bonds. The second-order valence-corrected chi connectivity index (χ2v) is 5.07. The van der Waals surface area contributed by atoms with Gasteiger partial charge in [-0.3, -0.25) is 0 Å². The lowest BCUT2D eigenvalue weighted by molar-refractivity contribution is 0.182. The molecule has 1 saturated carbocycles. The Hall–Kier alpha value is 0. The van der Waals surface area contributed by atoms with Gasteiger partial charge in [-0.05, 0) is 23.7 Å². The first-order chi connectivity index (χ1) is 5.05. The summed E-state index contributed by atoms with van der Waals surface area (Å²) in [5, 5.41) is 0. The number of rotatable bonds is 1. The van der Waals surface area contributed by atoms with Crippen LogP contribution in [0.1, 0.15) is 53.4 Å². The molecule has 0 aromatic heterocycles. The Morgan fingerprint density at radius 1 is 1.18 bits per heavy atom. The van der Waals surface area contributed by atoms with E-state index >= 15 is 0 Å². The molecule has 0 N–H and O–H groups in total. The van der Waals surface area contributed by atoms with Gasteiger partial charge in [0.1, 0.15) is 0 Å². The van der Waals surface area contributed by atoms with Crippen LogP contribution in [0.3, 0.4) is 0 Å². The normalized spacial score (nSPS) is 32.7. The molecule has 0 aromatic carbocycles. The summed E-state index contributed by atoms with van der Waals surface area (Å²) in [4.78, 5) is 0. The molecule has 2 unspecified atom stereocenters. The Morgan fingerprint density at radius 2 is 1.82 bits per heavy atom. The van der Waals surface area contributed by atoms with E-state index in [4.69, 9.17) is 0 Å². The summed E-state index contributed by atoms with van der Waals surface area (Å²) in [5.74, 6) is 2.02. The molecule has 0 heterocycles. The third-order valence-electron chi connectivity index (χ3n) is 3.30. The zero-order valence-electron chi connectivity index (χ0n) is 8.48. The van der Waals surface area contributed by atoms with E-state index in [0.29, 0.717) is 5.41 Å². The van der Waals surface area contributed by atoms with E-state index < -0.39 is 0 Å². The average molecular weight is 154 g/mol. The summed E-state index contributed by atoms with van der Waals surface area (Å²) in [5.41, 5.74) is 0.553. The first-order valence-corrected chi connectivity index (χ1v) is 5.05. The molecule has 0 radical (unpaired) electrons. The number of hydrogen-bond acceptors (Lipinski definition) is 0. The lowest BCUT2D eigenvalue weighted by Gasteiger charge is -2.31. The highest BCUT2D eigenvalue weighted by Gasteiger charge is 2.34. The SMILES string of the molecule is CCC1CCCC1C(C)(C)C. The van der Waals surface area contributed by atoms with E-state index in [0.717, 1.165) is 11.8 Å². The third kappa shape index (κ3) is 1.98. The highest BCUT2D eigenvalue weighted by atomic mass is 14.4. The van der Waals surface area contributed by atoms with Crippen LogP contribution < -0.4 is 0 Å². The van der Waals surface area contributed by atoms with Crippen molar-refractivity contribution in [1.82, 2.24) is 0 Å². The Balaban J connectivity index is 2.57. The summed E-state index contributed by atoms with van der Waals surface area (Å²) in [6.07, 6.45) is 5.82. The molecule has 1 aliphatic rings. The van der Waals surface area contributed by atoms with E-state index in [1.165, 1.54) is 25.7 Å². The van der Waals surface area contributed by atoms with Crippen LogP contribution in [-0.4, -0.2) is 0 Å². The Kier molecular flexibility index (Phi) is 2.61. The van der Waals surface area contributed by atoms with Crippen LogP contribution in [0.2, 0.25) is 0 Å². The van der Waals surface area contributed by atoms with Crippen molar-refractivity contribution in [2.24, 2.45) is 17.3 Å². The van der Waals surface area contributed by atoms with Gasteiger partial charge in [0.25, 0.3) is 0 Å². The largest absolute Gasteiger partial charge is 0.0651 e. The number of hydrogen-bond donors (Lipinski definition) is 0. The van der Waals surface area contributed by atoms with Crippen molar-refractivity contribution in [3.05, 3.63) is 0 Å². The highest BCUT2D eigenvalue weighted by molar-refractivity contribution is 4.84. The van der Waals surface area contributed by atoms with E-state index in [2.05, 4.69) is 27.7 Å². The average Bonchev–Trinajstić information content (AvgIpc) is 2.31. The molecule has 0 aliphatic heterocycles. The van der Waals surface area contributed by atoms with Gasteiger partial charge < -0.3 is 0 Å². The van der Waals surface area contributed by atoms with Gasteiger partial charge in [-0.1, -0.05) is 47.0 Å². The Morgan fingerprint density at radius 3 is 2.18 bits per heavy atom. The van der Waals surface area contributed by atoms with Crippen molar-refractivity contribution >= 4 is 0 Å². The zero-order valence-corrected chi connectivity index (χ0v) is 8.48. The van der Waals surface area contributed by atoms with Crippen molar-refractivity contribution in [2.45, 2.75) is 53.4 Å². The Bertz CT molecular complexity index is 118. The van der Waals surface area contributed by atoms with Crippen LogP contribution in [0.4, 0.5) is 0 Å². The molecule has 1 fully saturated rings. The molecular weight excluding hydrogens is 132 g/mol. The standard InChI is InChI=1S/C11H22/c1-5-9-7-6-8-10(9)11(2,3)4/h9-10H,5-8H2,1-4H3. The topological polar surface area (TPSA) is 0 Å². The van der Waals surface area contributed by atoms with Crippen LogP contribution in [0.25, 0.3) is 0 Å². The molecule has 1 rings (SSSR count). The molecule has 66 valence electrons. The van der Waals surface area contributed by atoms with Gasteiger partial charge in [0.2, 0.25) is 0 Å². The lowest BCUT2D eigenvalue weighted by Crippen LogP contribution is -2.23. The first-order valence-electron chi connectivity index (χ1n) is 5.05. The van der Waals surface area contributed by atoms with Crippen LogP contribution in [0, 0.1) is 17.3 Å². The predicted molar refractivity (Wildman–Crippen MR) is 50.6 cm³/mol. The highest BCUT2D eigenvalue weighted by Crippen LogP contribution is 2.44. The minimum absolute atomic E-state index is 0.553. The van der Waals surface area contributed by atoms with Gasteiger partial charge in [0.05, 0.1) is 0 Å². The monoisotopic (exact) mass is 154 g/mol. The summed E-state index contributed by atoms with van der Waals surface area (Å²) < 4.78 is 0. The maximum absolute atomic E-state index is 2.39. The second kappa shape index (κ2) is 3.16. The molecule has 2 atom stereocenters.